The van der Waals surface area contributed by atoms with Crippen LogP contribution in [0.2, 0.25) is 0 Å². The van der Waals surface area contributed by atoms with Crippen molar-refractivity contribution in [2.24, 2.45) is 7.05 Å². The molecule has 2 amide bonds. The summed E-state index contributed by atoms with van der Waals surface area (Å²) < 4.78 is 27.7. The van der Waals surface area contributed by atoms with Gasteiger partial charge in [0.1, 0.15) is 16.6 Å². The number of ether oxygens (including phenoxy) is 2. The van der Waals surface area contributed by atoms with Gasteiger partial charge in [-0.3, -0.25) is 14.4 Å². The summed E-state index contributed by atoms with van der Waals surface area (Å²) in [5.41, 5.74) is 1.42. The molecule has 40 heavy (non-hydrogen) atoms. The number of aromatic nitrogens is 3. The van der Waals surface area contributed by atoms with Gasteiger partial charge >= 0.3 is 6.09 Å². The number of aliphatic hydroxyl groups excluding tert-OH is 1. The number of methoxy groups -OCH3 is 1. The molecule has 0 bridgehead atoms. The second-order valence-electron chi connectivity index (χ2n) is 10.6. The third-order valence-corrected chi connectivity index (χ3v) is 7.56. The monoisotopic (exact) mass is 570 g/mol. The number of piperazine rings is 1. The maximum Gasteiger partial charge on any atom is 0.410 e. The molecule has 0 aliphatic carbocycles. The molecule has 13 heteroatoms. The summed E-state index contributed by atoms with van der Waals surface area (Å²) in [4.78, 5) is 34.2. The SMILES string of the molecule is COc1nc2c(C(=O)Nc3cc(F)c4nn(C)cc4c3)ccc(N3CCN(C(=O)OC(C)(C)C)[C@@H](CO)C3)c2s1. The van der Waals surface area contributed by atoms with Crippen LogP contribution in [-0.2, 0) is 11.8 Å². The van der Waals surface area contributed by atoms with Crippen LogP contribution in [0.1, 0.15) is 31.1 Å². The van der Waals surface area contributed by atoms with Gasteiger partial charge in [-0.15, -0.1) is 0 Å². The molecule has 2 N–H and O–H groups in total. The van der Waals surface area contributed by atoms with E-state index in [4.69, 9.17) is 9.47 Å². The molecule has 5 rings (SSSR count). The van der Waals surface area contributed by atoms with Gasteiger partial charge in [0.25, 0.3) is 11.1 Å². The third kappa shape index (κ3) is 5.39. The van der Waals surface area contributed by atoms with Crippen LogP contribution in [0.5, 0.6) is 5.19 Å². The standard InChI is InChI=1S/C27H31FN6O5S/c1-27(2,3)39-26(37)34-9-8-33(13-17(34)14-35)20-7-6-18(22-23(20)40-25(30-22)38-5)24(36)29-16-10-15-12-32(4)31-21(15)19(28)11-16/h6-7,10-12,17,35H,8-9,13-14H2,1-5H3,(H,29,36)/t17-/m1/s1. The van der Waals surface area contributed by atoms with Gasteiger partial charge in [-0.05, 0) is 45.0 Å². The molecule has 0 radical (unpaired) electrons. The summed E-state index contributed by atoms with van der Waals surface area (Å²) in [5, 5.41) is 17.9. The van der Waals surface area contributed by atoms with Crippen molar-refractivity contribution in [3.63, 3.8) is 0 Å². The number of hydrogen-bond acceptors (Lipinski definition) is 9. The topological polar surface area (TPSA) is 122 Å². The number of carbonyl (C=O) groups excluding carboxylic acids is 2. The van der Waals surface area contributed by atoms with Gasteiger partial charge in [0.15, 0.2) is 5.82 Å². The predicted octanol–water partition coefficient (Wildman–Crippen LogP) is 4.00. The first-order valence-electron chi connectivity index (χ1n) is 12.7. The molecule has 0 spiro atoms. The number of carbonyl (C=O) groups is 2. The van der Waals surface area contributed by atoms with Gasteiger partial charge in [-0.2, -0.15) is 5.10 Å². The minimum atomic E-state index is -0.647. The largest absolute Gasteiger partial charge is 0.473 e. The molecule has 4 aromatic rings. The maximum absolute atomic E-state index is 14.6. The highest BCUT2D eigenvalue weighted by Gasteiger charge is 2.34. The van der Waals surface area contributed by atoms with Gasteiger partial charge in [-0.1, -0.05) is 11.3 Å². The van der Waals surface area contributed by atoms with Crippen molar-refractivity contribution in [2.45, 2.75) is 32.4 Å². The van der Waals surface area contributed by atoms with Gasteiger partial charge in [-0.25, -0.2) is 14.2 Å². The lowest BCUT2D eigenvalue weighted by molar-refractivity contribution is 0.00705. The van der Waals surface area contributed by atoms with Crippen LogP contribution in [0.4, 0.5) is 20.6 Å². The smallest absolute Gasteiger partial charge is 0.410 e. The Morgan fingerprint density at radius 2 is 2.00 bits per heavy atom. The number of nitrogens with zero attached hydrogens (tertiary/aromatic N) is 5. The van der Waals surface area contributed by atoms with Crippen LogP contribution < -0.4 is 15.0 Å². The number of halogens is 1. The number of amides is 2. The molecule has 1 aliphatic heterocycles. The van der Waals surface area contributed by atoms with Gasteiger partial charge in [0.05, 0.1) is 35.7 Å². The van der Waals surface area contributed by atoms with Crippen LogP contribution in [0.3, 0.4) is 0 Å². The predicted molar refractivity (Wildman–Crippen MR) is 151 cm³/mol. The summed E-state index contributed by atoms with van der Waals surface area (Å²) in [5.74, 6) is -0.983. The Balaban J connectivity index is 1.43. The van der Waals surface area contributed by atoms with E-state index in [1.54, 1.807) is 51.0 Å². The summed E-state index contributed by atoms with van der Waals surface area (Å²) >= 11 is 1.29. The Morgan fingerprint density at radius 3 is 2.70 bits per heavy atom. The van der Waals surface area contributed by atoms with Crippen molar-refractivity contribution in [1.82, 2.24) is 19.7 Å². The molecule has 3 heterocycles. The first kappa shape index (κ1) is 27.6. The fourth-order valence-electron chi connectivity index (χ4n) is 4.77. The second kappa shape index (κ2) is 10.5. The van der Waals surface area contributed by atoms with Crippen molar-refractivity contribution < 1.29 is 28.6 Å². The van der Waals surface area contributed by atoms with Gasteiger partial charge < -0.3 is 24.8 Å². The molecule has 212 valence electrons. The van der Waals surface area contributed by atoms with Crippen LogP contribution in [-0.4, -0.2) is 81.8 Å². The lowest BCUT2D eigenvalue weighted by atomic mass is 10.1. The number of rotatable bonds is 5. The number of thiazole rings is 1. The van der Waals surface area contributed by atoms with Crippen molar-refractivity contribution in [1.29, 1.82) is 0 Å². The Labute approximate surface area is 234 Å². The van der Waals surface area contributed by atoms with E-state index >= 15 is 0 Å². The summed E-state index contributed by atoms with van der Waals surface area (Å²) in [6.07, 6.45) is 1.21. The van der Waals surface area contributed by atoms with Crippen molar-refractivity contribution in [2.75, 3.05) is 43.6 Å². The Hall–Kier alpha value is -3.97. The minimum absolute atomic E-state index is 0.226. The van der Waals surface area contributed by atoms with Crippen molar-refractivity contribution >= 4 is 55.8 Å². The second-order valence-corrected chi connectivity index (χ2v) is 11.6. The number of aryl methyl sites for hydroxylation is 1. The van der Waals surface area contributed by atoms with Gasteiger partial charge in [0.2, 0.25) is 0 Å². The molecule has 1 saturated heterocycles. The minimum Gasteiger partial charge on any atom is -0.473 e. The quantitative estimate of drug-likeness (QED) is 0.369. The van der Waals surface area contributed by atoms with Crippen LogP contribution in [0.15, 0.2) is 30.5 Å². The average Bonchev–Trinajstić information content (AvgIpc) is 3.50. The van der Waals surface area contributed by atoms with E-state index in [1.807, 2.05) is 6.07 Å². The fourth-order valence-corrected chi connectivity index (χ4v) is 5.72. The summed E-state index contributed by atoms with van der Waals surface area (Å²) in [6, 6.07) is 5.90. The molecular formula is C27H31FN6O5S. The number of aliphatic hydroxyl groups is 1. The average molecular weight is 571 g/mol. The molecule has 0 unspecified atom stereocenters. The number of fused-ring (bicyclic) bond motifs is 2. The number of anilines is 2. The normalized spacial score (nSPS) is 16.0. The van der Waals surface area contributed by atoms with E-state index in [-0.39, 0.29) is 12.1 Å². The zero-order chi connectivity index (χ0) is 28.8. The first-order chi connectivity index (χ1) is 19.0. The molecule has 1 aliphatic rings. The zero-order valence-electron chi connectivity index (χ0n) is 22.9. The molecule has 2 aromatic carbocycles. The summed E-state index contributed by atoms with van der Waals surface area (Å²) in [6.45, 7) is 6.37. The van der Waals surface area contributed by atoms with E-state index in [9.17, 15) is 19.1 Å². The molecule has 2 aromatic heterocycles. The van der Waals surface area contributed by atoms with Crippen molar-refractivity contribution in [3.8, 4) is 5.19 Å². The molecule has 1 atom stereocenters. The van der Waals surface area contributed by atoms with Crippen molar-refractivity contribution in [3.05, 3.63) is 41.8 Å². The Bertz CT molecular complexity index is 1600. The molecule has 0 saturated carbocycles. The maximum atomic E-state index is 14.6. The Morgan fingerprint density at radius 1 is 1.23 bits per heavy atom. The first-order valence-corrected chi connectivity index (χ1v) is 13.6. The fraction of sp³-hybridized carbons (Fsp3) is 0.407. The van der Waals surface area contributed by atoms with Crippen LogP contribution in [0, 0.1) is 5.82 Å². The van der Waals surface area contributed by atoms with E-state index in [2.05, 4.69) is 20.3 Å². The Kier molecular flexibility index (Phi) is 7.27. The lowest BCUT2D eigenvalue weighted by Crippen LogP contribution is -2.57. The number of benzene rings is 2. The van der Waals surface area contributed by atoms with Gasteiger partial charge in [0, 0.05) is 44.0 Å². The molecular weight excluding hydrogens is 539 g/mol. The van der Waals surface area contributed by atoms with E-state index in [0.717, 1.165) is 10.4 Å². The van der Waals surface area contributed by atoms with Crippen LogP contribution >= 0.6 is 11.3 Å². The van der Waals surface area contributed by atoms with E-state index in [0.29, 0.717) is 47.0 Å². The zero-order valence-corrected chi connectivity index (χ0v) is 23.7. The van der Waals surface area contributed by atoms with E-state index in [1.165, 1.54) is 29.2 Å². The van der Waals surface area contributed by atoms with E-state index < -0.39 is 29.5 Å². The number of hydrogen-bond donors (Lipinski definition) is 2. The highest BCUT2D eigenvalue weighted by Crippen LogP contribution is 2.38. The molecule has 1 fully saturated rings. The lowest BCUT2D eigenvalue weighted by Gasteiger charge is -2.42. The summed E-state index contributed by atoms with van der Waals surface area (Å²) in [7, 11) is 3.20. The molecule has 11 nitrogen and oxygen atoms in total. The third-order valence-electron chi connectivity index (χ3n) is 6.52. The van der Waals surface area contributed by atoms with Crippen LogP contribution in [0.25, 0.3) is 21.1 Å². The highest BCUT2D eigenvalue weighted by molar-refractivity contribution is 7.21. The number of nitrogens with one attached hydrogen (secondary N) is 1. The highest BCUT2D eigenvalue weighted by atomic mass is 32.1.